The van der Waals surface area contributed by atoms with Gasteiger partial charge in [0.15, 0.2) is 0 Å². The third kappa shape index (κ3) is 5.79. The summed E-state index contributed by atoms with van der Waals surface area (Å²) in [5.74, 6) is 0.452. The van der Waals surface area contributed by atoms with Crippen LogP contribution in [0, 0.1) is 0 Å². The quantitative estimate of drug-likeness (QED) is 0.363. The van der Waals surface area contributed by atoms with E-state index >= 15 is 0 Å². The summed E-state index contributed by atoms with van der Waals surface area (Å²) in [5, 5.41) is 4.51. The fraction of sp³-hybridized carbons (Fsp3) is 0.148. The molecule has 0 heterocycles. The molecule has 7 nitrogen and oxygen atoms in total. The Hall–Kier alpha value is -3.88. The maximum absolute atomic E-state index is 13.3. The van der Waals surface area contributed by atoms with Gasteiger partial charge in [0.2, 0.25) is 15.9 Å². The van der Waals surface area contributed by atoms with Crippen molar-refractivity contribution < 1.29 is 22.7 Å². The third-order valence-electron chi connectivity index (χ3n) is 5.59. The second-order valence-electron chi connectivity index (χ2n) is 7.93. The maximum atomic E-state index is 13.3. The Morgan fingerprint density at radius 1 is 0.829 bits per heavy atom. The highest BCUT2D eigenvalue weighted by Gasteiger charge is 2.27. The standard InChI is InChI=1S/C27H26N2O5S/c1-33-22-13-15-24(26(18-22)34-2)28-27(30)25(16-19-8-4-3-5-9-19)29-35(31,32)23-14-12-20-10-6-7-11-21(20)17-23/h3-15,17-18,25,29H,16H2,1-2H3,(H,28,30)/t25-/m0/s1. The number of ether oxygens (including phenoxy) is 2. The zero-order valence-corrected chi connectivity index (χ0v) is 20.2. The fourth-order valence-electron chi connectivity index (χ4n) is 3.75. The first-order chi connectivity index (χ1) is 16.9. The molecule has 4 aromatic carbocycles. The van der Waals surface area contributed by atoms with Gasteiger partial charge in [-0.05, 0) is 47.0 Å². The molecular weight excluding hydrogens is 464 g/mol. The second-order valence-corrected chi connectivity index (χ2v) is 9.64. The van der Waals surface area contributed by atoms with E-state index in [-0.39, 0.29) is 11.3 Å². The van der Waals surface area contributed by atoms with E-state index in [1.165, 1.54) is 20.3 Å². The van der Waals surface area contributed by atoms with Crippen molar-refractivity contribution in [2.24, 2.45) is 0 Å². The van der Waals surface area contributed by atoms with E-state index in [1.807, 2.05) is 54.6 Å². The number of nitrogens with one attached hydrogen (secondary N) is 2. The van der Waals surface area contributed by atoms with Crippen LogP contribution in [0.2, 0.25) is 0 Å². The van der Waals surface area contributed by atoms with Crippen molar-refractivity contribution in [2.75, 3.05) is 19.5 Å². The van der Waals surface area contributed by atoms with Gasteiger partial charge < -0.3 is 14.8 Å². The van der Waals surface area contributed by atoms with Crippen LogP contribution in [0.1, 0.15) is 5.56 Å². The molecule has 1 amide bonds. The third-order valence-corrected chi connectivity index (χ3v) is 7.06. The minimum Gasteiger partial charge on any atom is -0.497 e. The average Bonchev–Trinajstić information content (AvgIpc) is 2.88. The number of carbonyl (C=O) groups is 1. The van der Waals surface area contributed by atoms with Crippen molar-refractivity contribution in [1.82, 2.24) is 4.72 Å². The van der Waals surface area contributed by atoms with E-state index in [4.69, 9.17) is 9.47 Å². The van der Waals surface area contributed by atoms with E-state index in [1.54, 1.807) is 30.3 Å². The van der Waals surface area contributed by atoms with Gasteiger partial charge in [-0.15, -0.1) is 0 Å². The first-order valence-corrected chi connectivity index (χ1v) is 12.5. The zero-order chi connectivity index (χ0) is 24.8. The summed E-state index contributed by atoms with van der Waals surface area (Å²) in [7, 11) is -0.984. The molecule has 0 saturated carbocycles. The Bertz CT molecular complexity index is 1440. The molecule has 0 aliphatic heterocycles. The number of sulfonamides is 1. The van der Waals surface area contributed by atoms with E-state index in [0.717, 1.165) is 16.3 Å². The molecule has 0 fully saturated rings. The van der Waals surface area contributed by atoms with Gasteiger partial charge in [0, 0.05) is 6.07 Å². The molecule has 0 saturated heterocycles. The van der Waals surface area contributed by atoms with Gasteiger partial charge in [0.25, 0.3) is 0 Å². The van der Waals surface area contributed by atoms with Crippen molar-refractivity contribution in [1.29, 1.82) is 0 Å². The van der Waals surface area contributed by atoms with Crippen molar-refractivity contribution in [3.05, 3.63) is 96.6 Å². The van der Waals surface area contributed by atoms with Crippen molar-refractivity contribution in [3.8, 4) is 11.5 Å². The number of fused-ring (bicyclic) bond motifs is 1. The second kappa shape index (κ2) is 10.6. The van der Waals surface area contributed by atoms with Gasteiger partial charge >= 0.3 is 0 Å². The minimum absolute atomic E-state index is 0.0871. The molecule has 0 radical (unpaired) electrons. The molecule has 35 heavy (non-hydrogen) atoms. The molecule has 8 heteroatoms. The number of rotatable bonds is 9. The molecule has 4 aromatic rings. The normalized spacial score (nSPS) is 12.2. The number of hydrogen-bond donors (Lipinski definition) is 2. The number of amides is 1. The van der Waals surface area contributed by atoms with Gasteiger partial charge in [-0.2, -0.15) is 4.72 Å². The lowest BCUT2D eigenvalue weighted by molar-refractivity contribution is -0.117. The molecule has 0 bridgehead atoms. The highest BCUT2D eigenvalue weighted by molar-refractivity contribution is 7.89. The lowest BCUT2D eigenvalue weighted by Crippen LogP contribution is -2.45. The largest absolute Gasteiger partial charge is 0.497 e. The molecule has 1 atom stereocenters. The Morgan fingerprint density at radius 3 is 2.26 bits per heavy atom. The molecule has 180 valence electrons. The molecule has 2 N–H and O–H groups in total. The van der Waals surface area contributed by atoms with Crippen LogP contribution >= 0.6 is 0 Å². The molecule has 4 rings (SSSR count). The number of carbonyl (C=O) groups excluding carboxylic acids is 1. The molecule has 0 aliphatic rings. The first-order valence-electron chi connectivity index (χ1n) is 11.0. The predicted molar refractivity (Wildman–Crippen MR) is 136 cm³/mol. The lowest BCUT2D eigenvalue weighted by atomic mass is 10.1. The van der Waals surface area contributed by atoms with Gasteiger partial charge in [-0.3, -0.25) is 4.79 Å². The van der Waals surface area contributed by atoms with Crippen LogP contribution < -0.4 is 19.5 Å². The first kappa shape index (κ1) is 24.3. The number of methoxy groups -OCH3 is 2. The van der Waals surface area contributed by atoms with Crippen LogP contribution in [0.4, 0.5) is 5.69 Å². The highest BCUT2D eigenvalue weighted by Crippen LogP contribution is 2.29. The smallest absolute Gasteiger partial charge is 0.243 e. The Balaban J connectivity index is 1.63. The molecule has 0 unspecified atom stereocenters. The Morgan fingerprint density at radius 2 is 1.54 bits per heavy atom. The van der Waals surface area contributed by atoms with Crippen LogP contribution in [0.15, 0.2) is 95.9 Å². The molecule has 0 spiro atoms. The van der Waals surface area contributed by atoms with E-state index in [9.17, 15) is 13.2 Å². The predicted octanol–water partition coefficient (Wildman–Crippen LogP) is 4.39. The van der Waals surface area contributed by atoms with Crippen LogP contribution in [0.3, 0.4) is 0 Å². The summed E-state index contributed by atoms with van der Waals surface area (Å²) in [5.41, 5.74) is 1.22. The monoisotopic (exact) mass is 490 g/mol. The van der Waals surface area contributed by atoms with Crippen molar-refractivity contribution >= 4 is 32.4 Å². The van der Waals surface area contributed by atoms with E-state index in [2.05, 4.69) is 10.0 Å². The van der Waals surface area contributed by atoms with Gasteiger partial charge in [-0.25, -0.2) is 8.42 Å². The summed E-state index contributed by atoms with van der Waals surface area (Å²) in [6.07, 6.45) is 0.165. The summed E-state index contributed by atoms with van der Waals surface area (Å²) < 4.78 is 39.8. The summed E-state index contributed by atoms with van der Waals surface area (Å²) in [6, 6.07) is 25.5. The average molecular weight is 491 g/mol. The highest BCUT2D eigenvalue weighted by atomic mass is 32.2. The zero-order valence-electron chi connectivity index (χ0n) is 19.4. The van der Waals surface area contributed by atoms with Gasteiger partial charge in [0.1, 0.15) is 17.5 Å². The minimum atomic E-state index is -4.00. The molecule has 0 aromatic heterocycles. The SMILES string of the molecule is COc1ccc(NC(=O)[C@H](Cc2ccccc2)NS(=O)(=O)c2ccc3ccccc3c2)c(OC)c1. The topological polar surface area (TPSA) is 93.7 Å². The number of hydrogen-bond acceptors (Lipinski definition) is 5. The van der Waals surface area contributed by atoms with Crippen LogP contribution in [0.5, 0.6) is 11.5 Å². The van der Waals surface area contributed by atoms with Crippen molar-refractivity contribution in [3.63, 3.8) is 0 Å². The lowest BCUT2D eigenvalue weighted by Gasteiger charge is -2.20. The Labute approximate surface area is 204 Å². The summed E-state index contributed by atoms with van der Waals surface area (Å²) in [6.45, 7) is 0. The number of benzene rings is 4. The van der Waals surface area contributed by atoms with Crippen LogP contribution in [-0.2, 0) is 21.2 Å². The fourth-order valence-corrected chi connectivity index (χ4v) is 4.98. The number of anilines is 1. The summed E-state index contributed by atoms with van der Waals surface area (Å²) in [4.78, 5) is 13.4. The molecular formula is C27H26N2O5S. The maximum Gasteiger partial charge on any atom is 0.243 e. The van der Waals surface area contributed by atoms with Crippen LogP contribution in [-0.4, -0.2) is 34.6 Å². The Kier molecular flexibility index (Phi) is 7.33. The van der Waals surface area contributed by atoms with Crippen molar-refractivity contribution in [2.45, 2.75) is 17.4 Å². The molecule has 0 aliphatic carbocycles. The van der Waals surface area contributed by atoms with E-state index < -0.39 is 22.0 Å². The van der Waals surface area contributed by atoms with Crippen LogP contribution in [0.25, 0.3) is 10.8 Å². The van der Waals surface area contributed by atoms with Gasteiger partial charge in [0.05, 0.1) is 24.8 Å². The summed E-state index contributed by atoms with van der Waals surface area (Å²) >= 11 is 0. The van der Waals surface area contributed by atoms with Gasteiger partial charge in [-0.1, -0.05) is 60.7 Å². The van der Waals surface area contributed by atoms with E-state index in [0.29, 0.717) is 17.2 Å².